The SMILES string of the molecule is CSCc1nc2ccccc2n1CC(=O)N(Cc1ccco1)Cc1ccco1. The molecule has 0 unspecified atom stereocenters. The van der Waals surface area contributed by atoms with Gasteiger partial charge in [0.15, 0.2) is 0 Å². The number of carbonyl (C=O) groups excluding carboxylic acids is 1. The Labute approximate surface area is 167 Å². The Morgan fingerprint density at radius 3 is 2.32 bits per heavy atom. The Kier molecular flexibility index (Phi) is 5.53. The lowest BCUT2D eigenvalue weighted by Crippen LogP contribution is -2.33. The van der Waals surface area contributed by atoms with E-state index in [0.717, 1.165) is 34.1 Å². The van der Waals surface area contributed by atoms with Crippen LogP contribution >= 0.6 is 11.8 Å². The van der Waals surface area contributed by atoms with Crippen molar-refractivity contribution in [3.05, 3.63) is 78.4 Å². The van der Waals surface area contributed by atoms with Crippen molar-refractivity contribution < 1.29 is 13.6 Å². The van der Waals surface area contributed by atoms with Gasteiger partial charge < -0.3 is 18.3 Å². The predicted molar refractivity (Wildman–Crippen MR) is 109 cm³/mol. The van der Waals surface area contributed by atoms with Crippen molar-refractivity contribution in [2.75, 3.05) is 6.26 Å². The Bertz CT molecular complexity index is 1000. The summed E-state index contributed by atoms with van der Waals surface area (Å²) in [6.45, 7) is 0.992. The summed E-state index contributed by atoms with van der Waals surface area (Å²) in [4.78, 5) is 19.7. The van der Waals surface area contributed by atoms with Gasteiger partial charge in [0.2, 0.25) is 5.91 Å². The Morgan fingerprint density at radius 2 is 1.71 bits per heavy atom. The summed E-state index contributed by atoms with van der Waals surface area (Å²) in [7, 11) is 0. The molecule has 3 heterocycles. The topological polar surface area (TPSA) is 64.4 Å². The summed E-state index contributed by atoms with van der Waals surface area (Å²) in [6.07, 6.45) is 5.27. The van der Waals surface area contributed by atoms with E-state index in [1.807, 2.05) is 59.4 Å². The molecule has 0 bridgehead atoms. The van der Waals surface area contributed by atoms with E-state index in [4.69, 9.17) is 13.8 Å². The maximum atomic E-state index is 13.3. The minimum Gasteiger partial charge on any atom is -0.467 e. The van der Waals surface area contributed by atoms with Gasteiger partial charge in [-0.2, -0.15) is 11.8 Å². The molecule has 0 N–H and O–H groups in total. The number of furan rings is 2. The van der Waals surface area contributed by atoms with Crippen molar-refractivity contribution in [1.29, 1.82) is 0 Å². The molecule has 28 heavy (non-hydrogen) atoms. The van der Waals surface area contributed by atoms with Gasteiger partial charge in [-0.1, -0.05) is 12.1 Å². The number of imidazole rings is 1. The predicted octanol–water partition coefficient (Wildman–Crippen LogP) is 4.31. The number of fused-ring (bicyclic) bond motifs is 1. The van der Waals surface area contributed by atoms with Crippen LogP contribution in [0.5, 0.6) is 0 Å². The van der Waals surface area contributed by atoms with Gasteiger partial charge in [0.25, 0.3) is 0 Å². The zero-order valence-corrected chi connectivity index (χ0v) is 16.4. The van der Waals surface area contributed by atoms with Gasteiger partial charge in [-0.3, -0.25) is 4.79 Å². The first-order valence-electron chi connectivity index (χ1n) is 9.00. The van der Waals surface area contributed by atoms with Crippen molar-refractivity contribution in [1.82, 2.24) is 14.5 Å². The van der Waals surface area contributed by atoms with Crippen LogP contribution in [0, 0.1) is 0 Å². The van der Waals surface area contributed by atoms with E-state index in [1.165, 1.54) is 0 Å². The number of para-hydroxylation sites is 2. The molecule has 0 saturated heterocycles. The second-order valence-corrected chi connectivity index (χ2v) is 7.31. The maximum absolute atomic E-state index is 13.3. The largest absolute Gasteiger partial charge is 0.467 e. The minimum absolute atomic E-state index is 0.0155. The number of nitrogens with zero attached hydrogens (tertiary/aromatic N) is 3. The molecule has 1 amide bonds. The number of rotatable bonds is 8. The van der Waals surface area contributed by atoms with Crippen LogP contribution in [-0.2, 0) is 30.2 Å². The summed E-state index contributed by atoms with van der Waals surface area (Å²) in [5.74, 6) is 3.11. The van der Waals surface area contributed by atoms with Crippen LogP contribution in [0.1, 0.15) is 17.3 Å². The number of amides is 1. The van der Waals surface area contributed by atoms with Crippen LogP contribution in [0.25, 0.3) is 11.0 Å². The molecule has 4 aromatic rings. The number of thioether (sulfide) groups is 1. The molecule has 4 rings (SSSR count). The molecule has 0 aliphatic carbocycles. The van der Waals surface area contributed by atoms with E-state index < -0.39 is 0 Å². The van der Waals surface area contributed by atoms with E-state index in [-0.39, 0.29) is 12.5 Å². The lowest BCUT2D eigenvalue weighted by atomic mass is 10.3. The van der Waals surface area contributed by atoms with Gasteiger partial charge in [-0.25, -0.2) is 4.98 Å². The highest BCUT2D eigenvalue weighted by molar-refractivity contribution is 7.97. The highest BCUT2D eigenvalue weighted by Crippen LogP contribution is 2.20. The fourth-order valence-electron chi connectivity index (χ4n) is 3.19. The third-order valence-electron chi connectivity index (χ3n) is 4.51. The van der Waals surface area contributed by atoms with Crippen molar-refractivity contribution in [3.8, 4) is 0 Å². The first-order valence-corrected chi connectivity index (χ1v) is 10.4. The first kappa shape index (κ1) is 18.4. The van der Waals surface area contributed by atoms with Gasteiger partial charge >= 0.3 is 0 Å². The highest BCUT2D eigenvalue weighted by atomic mass is 32.2. The van der Waals surface area contributed by atoms with Gasteiger partial charge in [0, 0.05) is 0 Å². The van der Waals surface area contributed by atoms with Crippen molar-refractivity contribution in [3.63, 3.8) is 0 Å². The molecule has 0 aliphatic rings. The molecule has 144 valence electrons. The van der Waals surface area contributed by atoms with Crippen molar-refractivity contribution in [2.24, 2.45) is 0 Å². The zero-order chi connectivity index (χ0) is 19.3. The van der Waals surface area contributed by atoms with E-state index in [9.17, 15) is 4.79 Å². The summed E-state index contributed by atoms with van der Waals surface area (Å²) in [5, 5.41) is 0. The van der Waals surface area contributed by atoms with Gasteiger partial charge in [0.1, 0.15) is 23.9 Å². The lowest BCUT2D eigenvalue weighted by Gasteiger charge is -2.21. The van der Waals surface area contributed by atoms with Crippen LogP contribution < -0.4 is 0 Å². The highest BCUT2D eigenvalue weighted by Gasteiger charge is 2.20. The molecule has 0 aliphatic heterocycles. The smallest absolute Gasteiger partial charge is 0.243 e. The van der Waals surface area contributed by atoms with Gasteiger partial charge in [0.05, 0.1) is 42.4 Å². The van der Waals surface area contributed by atoms with E-state index in [0.29, 0.717) is 13.1 Å². The Balaban J connectivity index is 1.61. The van der Waals surface area contributed by atoms with Crippen molar-refractivity contribution in [2.45, 2.75) is 25.4 Å². The molecule has 6 nitrogen and oxygen atoms in total. The molecule has 0 spiro atoms. The van der Waals surface area contributed by atoms with E-state index >= 15 is 0 Å². The summed E-state index contributed by atoms with van der Waals surface area (Å²) < 4.78 is 12.9. The van der Waals surface area contributed by atoms with Crippen LogP contribution in [-0.4, -0.2) is 26.6 Å². The Hall–Kier alpha value is -2.93. The fourth-order valence-corrected chi connectivity index (χ4v) is 3.67. The molecule has 0 radical (unpaired) electrons. The molecule has 0 fully saturated rings. The average Bonchev–Trinajstić information content (AvgIpc) is 3.44. The number of aromatic nitrogens is 2. The lowest BCUT2D eigenvalue weighted by molar-refractivity contribution is -0.133. The monoisotopic (exact) mass is 395 g/mol. The first-order chi connectivity index (χ1) is 13.7. The van der Waals surface area contributed by atoms with E-state index in [1.54, 1.807) is 29.2 Å². The maximum Gasteiger partial charge on any atom is 0.243 e. The number of hydrogen-bond donors (Lipinski definition) is 0. The summed E-state index contributed by atoms with van der Waals surface area (Å²) in [6, 6.07) is 15.3. The quantitative estimate of drug-likeness (QED) is 0.445. The minimum atomic E-state index is -0.0155. The molecular weight excluding hydrogens is 374 g/mol. The van der Waals surface area contributed by atoms with Gasteiger partial charge in [-0.05, 0) is 42.7 Å². The molecule has 0 saturated carbocycles. The summed E-state index contributed by atoms with van der Waals surface area (Å²) in [5.41, 5.74) is 1.87. The standard InChI is InChI=1S/C21H21N3O3S/c1-28-15-20-22-18-8-2-3-9-19(18)24(20)14-21(25)23(12-16-6-4-10-26-16)13-17-7-5-11-27-17/h2-11H,12-15H2,1H3. The second-order valence-electron chi connectivity index (χ2n) is 6.44. The summed E-state index contributed by atoms with van der Waals surface area (Å²) >= 11 is 1.69. The normalized spacial score (nSPS) is 11.2. The number of benzene rings is 1. The third kappa shape index (κ3) is 3.99. The van der Waals surface area contributed by atoms with Crippen LogP contribution in [0.2, 0.25) is 0 Å². The fraction of sp³-hybridized carbons (Fsp3) is 0.238. The number of hydrogen-bond acceptors (Lipinski definition) is 5. The van der Waals surface area contributed by atoms with Crippen LogP contribution in [0.3, 0.4) is 0 Å². The molecule has 1 aromatic carbocycles. The second kappa shape index (κ2) is 8.39. The van der Waals surface area contributed by atoms with Crippen LogP contribution in [0.4, 0.5) is 0 Å². The van der Waals surface area contributed by atoms with Crippen LogP contribution in [0.15, 0.2) is 69.9 Å². The Morgan fingerprint density at radius 1 is 1.04 bits per heavy atom. The average molecular weight is 395 g/mol. The molecule has 7 heteroatoms. The zero-order valence-electron chi connectivity index (χ0n) is 15.6. The molecule has 0 atom stereocenters. The third-order valence-corrected chi connectivity index (χ3v) is 5.05. The van der Waals surface area contributed by atoms with Gasteiger partial charge in [-0.15, -0.1) is 0 Å². The van der Waals surface area contributed by atoms with Crippen molar-refractivity contribution >= 4 is 28.7 Å². The van der Waals surface area contributed by atoms with E-state index in [2.05, 4.69) is 0 Å². The molecule has 3 aromatic heterocycles. The molecular formula is C21H21N3O3S. The number of carbonyl (C=O) groups is 1.